The molecule has 0 bridgehead atoms. The fourth-order valence-corrected chi connectivity index (χ4v) is 5.47. The van der Waals surface area contributed by atoms with Crippen LogP contribution >= 0.6 is 33.4 Å². The number of anilines is 1. The lowest BCUT2D eigenvalue weighted by Crippen LogP contribution is -2.24. The molecule has 8 nitrogen and oxygen atoms in total. The van der Waals surface area contributed by atoms with Crippen molar-refractivity contribution in [1.29, 1.82) is 5.26 Å². The number of carbonyl (C=O) groups is 2. The van der Waals surface area contributed by atoms with Gasteiger partial charge in [0, 0.05) is 5.56 Å². The number of nitrogens with one attached hydrogen (secondary N) is 1. The molecule has 1 aliphatic carbocycles. The van der Waals surface area contributed by atoms with E-state index in [0.29, 0.717) is 10.7 Å². The highest BCUT2D eigenvalue weighted by molar-refractivity contribution is 8.45. The summed E-state index contributed by atoms with van der Waals surface area (Å²) < 4.78 is 86.6. The van der Waals surface area contributed by atoms with Crippen molar-refractivity contribution < 1.29 is 43.3 Å². The minimum absolute atomic E-state index is 0.000691. The fourth-order valence-electron chi connectivity index (χ4n) is 3.81. The van der Waals surface area contributed by atoms with Gasteiger partial charge in [-0.1, -0.05) is 60.8 Å². The number of ether oxygens (including phenoxy) is 1. The van der Waals surface area contributed by atoms with E-state index in [0.717, 1.165) is 6.07 Å². The Labute approximate surface area is 225 Å². The average molecular weight is 615 g/mol. The van der Waals surface area contributed by atoms with Gasteiger partial charge in [-0.25, -0.2) is 13.9 Å². The molecule has 1 aliphatic rings. The van der Waals surface area contributed by atoms with Crippen molar-refractivity contribution in [3.8, 4) is 11.8 Å². The molecule has 1 fully saturated rings. The molecule has 4 rings (SSSR count). The Bertz CT molecular complexity index is 1590. The summed E-state index contributed by atoms with van der Waals surface area (Å²) in [6.07, 6.45) is -1.30. The SMILES string of the molecule is N#Cc1nn(-c2ccc(S(F)(F)(F)(F)F)c(Cl)c2Cl)c(NC(=O)OCc2ccccc2F)c1C1(C(=O)O)CC1. The van der Waals surface area contributed by atoms with Crippen LogP contribution in [0.25, 0.3) is 5.69 Å². The van der Waals surface area contributed by atoms with E-state index in [1.807, 2.05) is 0 Å². The summed E-state index contributed by atoms with van der Waals surface area (Å²) in [6.45, 7) is -0.581. The molecule has 0 aliphatic heterocycles. The van der Waals surface area contributed by atoms with Crippen molar-refractivity contribution >= 4 is 51.3 Å². The molecule has 39 heavy (non-hydrogen) atoms. The zero-order valence-electron chi connectivity index (χ0n) is 19.0. The number of carboxylic acids is 1. The molecule has 1 saturated carbocycles. The van der Waals surface area contributed by atoms with Gasteiger partial charge in [-0.2, -0.15) is 10.4 Å². The van der Waals surface area contributed by atoms with E-state index >= 15 is 0 Å². The van der Waals surface area contributed by atoms with Gasteiger partial charge in [0.25, 0.3) is 0 Å². The third-order valence-corrected chi connectivity index (χ3v) is 7.99. The Hall–Kier alpha value is -3.61. The molecular weight excluding hydrogens is 601 g/mol. The maximum Gasteiger partial charge on any atom is 0.413 e. The molecule has 208 valence electrons. The lowest BCUT2D eigenvalue weighted by Gasteiger charge is -2.41. The summed E-state index contributed by atoms with van der Waals surface area (Å²) >= 11 is 11.5. The van der Waals surface area contributed by atoms with Crippen molar-refractivity contribution in [3.05, 3.63) is 69.1 Å². The second kappa shape index (κ2) is 8.70. The molecule has 0 atom stereocenters. The van der Waals surface area contributed by atoms with Gasteiger partial charge in [-0.05, 0) is 31.0 Å². The zero-order valence-corrected chi connectivity index (χ0v) is 21.4. The Balaban J connectivity index is 1.84. The third kappa shape index (κ3) is 5.32. The summed E-state index contributed by atoms with van der Waals surface area (Å²) in [5.74, 6) is -2.65. The van der Waals surface area contributed by atoms with Gasteiger partial charge in [0.1, 0.15) is 29.2 Å². The van der Waals surface area contributed by atoms with Crippen LogP contribution in [0.2, 0.25) is 10.0 Å². The lowest BCUT2D eigenvalue weighted by molar-refractivity contribution is -0.140. The second-order valence-electron chi connectivity index (χ2n) is 8.46. The van der Waals surface area contributed by atoms with Gasteiger partial charge in [0.05, 0.1) is 26.7 Å². The number of hydrogen-bond donors (Lipinski definition) is 2. The van der Waals surface area contributed by atoms with Crippen molar-refractivity contribution in [3.63, 3.8) is 0 Å². The molecule has 1 amide bonds. The van der Waals surface area contributed by atoms with Crippen LogP contribution in [0.15, 0.2) is 41.3 Å². The minimum Gasteiger partial charge on any atom is -0.481 e. The summed E-state index contributed by atoms with van der Waals surface area (Å²) in [5.41, 5.74) is -3.21. The second-order valence-corrected chi connectivity index (χ2v) is 11.6. The molecule has 2 N–H and O–H groups in total. The van der Waals surface area contributed by atoms with Crippen LogP contribution in [0.1, 0.15) is 29.7 Å². The molecule has 0 radical (unpaired) electrons. The highest BCUT2D eigenvalue weighted by atomic mass is 35.5. The first kappa shape index (κ1) is 28.4. The van der Waals surface area contributed by atoms with Crippen molar-refractivity contribution in [2.75, 3.05) is 5.32 Å². The summed E-state index contributed by atoms with van der Waals surface area (Å²) in [6, 6.07) is 7.34. The molecule has 0 spiro atoms. The number of hydrogen-bond acceptors (Lipinski definition) is 5. The maximum atomic E-state index is 13.9. The van der Waals surface area contributed by atoms with Gasteiger partial charge < -0.3 is 9.84 Å². The average Bonchev–Trinajstić information content (AvgIpc) is 3.55. The van der Waals surface area contributed by atoms with Crippen molar-refractivity contribution in [1.82, 2.24) is 9.78 Å². The van der Waals surface area contributed by atoms with E-state index in [1.165, 1.54) is 18.2 Å². The topological polar surface area (TPSA) is 117 Å². The first-order valence-corrected chi connectivity index (χ1v) is 13.3. The van der Waals surface area contributed by atoms with E-state index in [1.54, 1.807) is 6.07 Å². The standard InChI is InChI=1S/C22H14Cl2F6N4O4S/c23-17-14(5-6-15(18(17)24)39(26,27,28,29)30)34-19(16(13(9-31)33-34)22(7-8-22)20(35)36)32-21(37)38-10-11-3-1-2-4-12(11)25/h1-6H,7-8,10H2,(H,32,37)(H,35,36). The quantitative estimate of drug-likeness (QED) is 0.263. The zero-order chi connectivity index (χ0) is 29.0. The molecular formula is C22H14Cl2F6N4O4S. The predicted molar refractivity (Wildman–Crippen MR) is 128 cm³/mol. The molecule has 1 aromatic heterocycles. The van der Waals surface area contributed by atoms with Crippen LogP contribution < -0.4 is 5.32 Å². The van der Waals surface area contributed by atoms with E-state index < -0.39 is 72.3 Å². The number of carboxylic acid groups (broad SMARTS) is 1. The molecule has 0 unspecified atom stereocenters. The maximum absolute atomic E-state index is 13.9. The number of nitrogens with zero attached hydrogens (tertiary/aromatic N) is 3. The van der Waals surface area contributed by atoms with Gasteiger partial charge >= 0.3 is 22.3 Å². The Morgan fingerprint density at radius 1 is 1.13 bits per heavy atom. The summed E-state index contributed by atoms with van der Waals surface area (Å²) in [5, 5.41) is 22.8. The van der Waals surface area contributed by atoms with Gasteiger partial charge in [-0.3, -0.25) is 10.1 Å². The lowest BCUT2D eigenvalue weighted by atomic mass is 9.95. The predicted octanol–water partition coefficient (Wildman–Crippen LogP) is 7.71. The number of halogens is 8. The number of carbonyl (C=O) groups excluding carboxylic acids is 1. The number of aliphatic carboxylic acids is 1. The van der Waals surface area contributed by atoms with E-state index in [-0.39, 0.29) is 30.0 Å². The smallest absolute Gasteiger partial charge is 0.413 e. The van der Waals surface area contributed by atoms with Crippen molar-refractivity contribution in [2.24, 2.45) is 0 Å². The van der Waals surface area contributed by atoms with Gasteiger partial charge in [-0.15, -0.1) is 0 Å². The first-order valence-electron chi connectivity index (χ1n) is 10.6. The normalized spacial score (nSPS) is 16.0. The van der Waals surface area contributed by atoms with Crippen LogP contribution in [0.5, 0.6) is 0 Å². The van der Waals surface area contributed by atoms with Gasteiger partial charge in [0.15, 0.2) is 5.69 Å². The number of aromatic nitrogens is 2. The van der Waals surface area contributed by atoms with E-state index in [2.05, 4.69) is 10.4 Å². The van der Waals surface area contributed by atoms with Crippen molar-refractivity contribution in [2.45, 2.75) is 29.8 Å². The molecule has 2 aromatic carbocycles. The largest absolute Gasteiger partial charge is 0.481 e. The number of amides is 1. The highest BCUT2D eigenvalue weighted by Gasteiger charge is 2.67. The summed E-state index contributed by atoms with van der Waals surface area (Å²) in [4.78, 5) is 22.2. The van der Waals surface area contributed by atoms with Crippen LogP contribution in [0.3, 0.4) is 0 Å². The number of rotatable bonds is 7. The monoisotopic (exact) mass is 614 g/mol. The van der Waals surface area contributed by atoms with Crippen LogP contribution in [0, 0.1) is 17.1 Å². The van der Waals surface area contributed by atoms with E-state index in [9.17, 15) is 43.8 Å². The van der Waals surface area contributed by atoms with Crippen LogP contribution in [-0.4, -0.2) is 26.9 Å². The third-order valence-electron chi connectivity index (χ3n) is 5.84. The van der Waals surface area contributed by atoms with Crippen LogP contribution in [-0.2, 0) is 21.6 Å². The Kier molecular flexibility index (Phi) is 6.33. The molecule has 0 saturated heterocycles. The first-order chi connectivity index (χ1) is 17.9. The fraction of sp³-hybridized carbons (Fsp3) is 0.182. The minimum atomic E-state index is -10.3. The Morgan fingerprint density at radius 2 is 1.77 bits per heavy atom. The molecule has 3 aromatic rings. The molecule has 1 heterocycles. The highest BCUT2D eigenvalue weighted by Crippen LogP contribution is 3.02. The van der Waals surface area contributed by atoms with Crippen LogP contribution in [0.4, 0.5) is 34.4 Å². The van der Waals surface area contributed by atoms with E-state index in [4.69, 9.17) is 27.9 Å². The number of nitriles is 1. The molecule has 17 heteroatoms. The summed E-state index contributed by atoms with van der Waals surface area (Å²) in [7, 11) is -10.3. The Morgan fingerprint density at radius 3 is 2.31 bits per heavy atom. The van der Waals surface area contributed by atoms with Gasteiger partial charge in [0.2, 0.25) is 0 Å². The number of benzene rings is 2.